The van der Waals surface area contributed by atoms with Crippen molar-refractivity contribution in [1.29, 1.82) is 0 Å². The summed E-state index contributed by atoms with van der Waals surface area (Å²) in [5, 5.41) is 0. The fraction of sp³-hybridized carbons (Fsp3) is 1.00. The van der Waals surface area contributed by atoms with Crippen LogP contribution in [-0.4, -0.2) is 35.2 Å². The van der Waals surface area contributed by atoms with Gasteiger partial charge in [0.05, 0.1) is 0 Å². The molecule has 0 unspecified atom stereocenters. The summed E-state index contributed by atoms with van der Waals surface area (Å²) in [6, 6.07) is 0.854. The number of hydrogen-bond acceptors (Lipinski definition) is 4. The summed E-state index contributed by atoms with van der Waals surface area (Å²) in [6.07, 6.45) is 27.7. The predicted octanol–water partition coefficient (Wildman–Crippen LogP) is 9.19. The summed E-state index contributed by atoms with van der Waals surface area (Å²) < 4.78 is 18.9. The highest BCUT2D eigenvalue weighted by atomic mass is 28.4. The predicted molar refractivity (Wildman–Crippen MR) is 151 cm³/mol. The molecule has 0 saturated carbocycles. The lowest BCUT2D eigenvalue weighted by atomic mass is 10.1. The molecule has 0 fully saturated rings. The molecule has 0 radical (unpaired) electrons. The number of hydrogen-bond donors (Lipinski definition) is 1. The maximum absolute atomic E-state index is 6.37. The first-order chi connectivity index (χ1) is 16.7. The molecule has 0 spiro atoms. The van der Waals surface area contributed by atoms with Crippen LogP contribution in [-0.2, 0) is 13.3 Å². The molecule has 0 aromatic rings. The molecule has 34 heavy (non-hydrogen) atoms. The van der Waals surface area contributed by atoms with E-state index in [4.69, 9.17) is 19.0 Å². The zero-order valence-electron chi connectivity index (χ0n) is 23.7. The summed E-state index contributed by atoms with van der Waals surface area (Å²) in [5.41, 5.74) is 5.81. The molecule has 0 heterocycles. The maximum atomic E-state index is 6.37. The largest absolute Gasteiger partial charge is 0.500 e. The Bertz CT molecular complexity index is 358. The molecule has 0 atom stereocenters. The van der Waals surface area contributed by atoms with E-state index in [2.05, 4.69) is 20.8 Å². The van der Waals surface area contributed by atoms with Crippen molar-refractivity contribution in [2.45, 2.75) is 162 Å². The van der Waals surface area contributed by atoms with Crippen LogP contribution in [0.1, 0.15) is 156 Å². The molecule has 0 aliphatic rings. The van der Waals surface area contributed by atoms with E-state index in [0.29, 0.717) is 13.2 Å². The Morgan fingerprint density at radius 2 is 0.794 bits per heavy atom. The van der Waals surface area contributed by atoms with Gasteiger partial charge in [-0.1, -0.05) is 129 Å². The van der Waals surface area contributed by atoms with E-state index in [-0.39, 0.29) is 0 Å². The molecule has 0 aromatic heterocycles. The van der Waals surface area contributed by atoms with Crippen LogP contribution >= 0.6 is 0 Å². The van der Waals surface area contributed by atoms with Crippen molar-refractivity contribution in [2.24, 2.45) is 5.73 Å². The second kappa shape index (κ2) is 27.6. The van der Waals surface area contributed by atoms with Gasteiger partial charge in [0, 0.05) is 25.9 Å². The van der Waals surface area contributed by atoms with E-state index in [1.54, 1.807) is 0 Å². The molecule has 0 saturated heterocycles. The SMILES string of the molecule is CCCCCCCCCCCCO[Si](CCCN)(OCC)OCCCCCCCCCCCC. The number of unbranched alkanes of at least 4 members (excludes halogenated alkanes) is 18. The van der Waals surface area contributed by atoms with Crippen LogP contribution in [0.2, 0.25) is 6.04 Å². The van der Waals surface area contributed by atoms with Gasteiger partial charge in [0.15, 0.2) is 0 Å². The van der Waals surface area contributed by atoms with Crippen molar-refractivity contribution < 1.29 is 13.3 Å². The van der Waals surface area contributed by atoms with Crippen molar-refractivity contribution in [2.75, 3.05) is 26.4 Å². The first-order valence-corrected chi connectivity index (χ1v) is 17.3. The lowest BCUT2D eigenvalue weighted by Gasteiger charge is -2.29. The first-order valence-electron chi connectivity index (χ1n) is 15.4. The van der Waals surface area contributed by atoms with Gasteiger partial charge in [-0.25, -0.2) is 0 Å². The molecule has 0 aliphatic heterocycles. The Labute approximate surface area is 215 Å². The summed E-state index contributed by atoms with van der Waals surface area (Å²) in [4.78, 5) is 0. The van der Waals surface area contributed by atoms with E-state index >= 15 is 0 Å². The minimum atomic E-state index is -2.58. The molecular weight excluding hydrogens is 438 g/mol. The molecule has 0 amide bonds. The van der Waals surface area contributed by atoms with E-state index in [1.807, 2.05) is 0 Å². The Morgan fingerprint density at radius 3 is 1.12 bits per heavy atom. The van der Waals surface area contributed by atoms with Crippen LogP contribution < -0.4 is 5.73 Å². The van der Waals surface area contributed by atoms with Gasteiger partial charge in [-0.05, 0) is 32.7 Å². The standard InChI is InChI=1S/C29H63NO3Si/c1-4-7-9-11-13-15-17-19-21-23-27-32-34(31-6-3,29-25-26-30)33-28-24-22-20-18-16-14-12-10-8-5-2/h4-30H2,1-3H3. The van der Waals surface area contributed by atoms with E-state index < -0.39 is 8.80 Å². The van der Waals surface area contributed by atoms with Crippen LogP contribution in [0.4, 0.5) is 0 Å². The fourth-order valence-corrected chi connectivity index (χ4v) is 7.18. The highest BCUT2D eigenvalue weighted by Crippen LogP contribution is 2.20. The summed E-state index contributed by atoms with van der Waals surface area (Å²) >= 11 is 0. The van der Waals surface area contributed by atoms with Gasteiger partial charge in [-0.2, -0.15) is 0 Å². The van der Waals surface area contributed by atoms with Crippen LogP contribution in [0.15, 0.2) is 0 Å². The van der Waals surface area contributed by atoms with Crippen LogP contribution in [0, 0.1) is 0 Å². The Balaban J connectivity index is 3.99. The summed E-state index contributed by atoms with van der Waals surface area (Å²) in [7, 11) is -2.58. The van der Waals surface area contributed by atoms with Crippen LogP contribution in [0.3, 0.4) is 0 Å². The monoisotopic (exact) mass is 501 g/mol. The Hall–Kier alpha value is 0.0569. The Morgan fingerprint density at radius 1 is 0.441 bits per heavy atom. The molecule has 0 aromatic carbocycles. The minimum Gasteiger partial charge on any atom is -0.374 e. The van der Waals surface area contributed by atoms with Crippen LogP contribution in [0.25, 0.3) is 0 Å². The van der Waals surface area contributed by atoms with E-state index in [9.17, 15) is 0 Å². The molecule has 0 aliphatic carbocycles. The number of nitrogens with two attached hydrogens (primary N) is 1. The van der Waals surface area contributed by atoms with Gasteiger partial charge in [0.25, 0.3) is 0 Å². The quantitative estimate of drug-likeness (QED) is 0.0819. The topological polar surface area (TPSA) is 53.7 Å². The van der Waals surface area contributed by atoms with Gasteiger partial charge < -0.3 is 19.0 Å². The molecule has 5 heteroatoms. The highest BCUT2D eigenvalue weighted by molar-refractivity contribution is 6.60. The van der Waals surface area contributed by atoms with Gasteiger partial charge in [0.2, 0.25) is 0 Å². The van der Waals surface area contributed by atoms with Crippen molar-refractivity contribution in [3.63, 3.8) is 0 Å². The second-order valence-electron chi connectivity index (χ2n) is 10.1. The van der Waals surface area contributed by atoms with Crippen molar-refractivity contribution in [3.8, 4) is 0 Å². The first kappa shape index (κ1) is 34.1. The normalized spacial score (nSPS) is 12.0. The van der Waals surface area contributed by atoms with Crippen molar-refractivity contribution in [1.82, 2.24) is 0 Å². The average molecular weight is 502 g/mol. The average Bonchev–Trinajstić information content (AvgIpc) is 2.84. The molecule has 0 rings (SSSR count). The van der Waals surface area contributed by atoms with Gasteiger partial charge >= 0.3 is 8.80 Å². The van der Waals surface area contributed by atoms with Gasteiger partial charge in [-0.15, -0.1) is 0 Å². The van der Waals surface area contributed by atoms with Gasteiger partial charge in [-0.3, -0.25) is 0 Å². The Kier molecular flexibility index (Phi) is 27.7. The van der Waals surface area contributed by atoms with Crippen molar-refractivity contribution in [3.05, 3.63) is 0 Å². The minimum absolute atomic E-state index is 0.660. The summed E-state index contributed by atoms with van der Waals surface area (Å²) in [5.74, 6) is 0. The molecular formula is C29H63NO3Si. The van der Waals surface area contributed by atoms with E-state index in [0.717, 1.165) is 38.5 Å². The highest BCUT2D eigenvalue weighted by Gasteiger charge is 2.40. The summed E-state index contributed by atoms with van der Waals surface area (Å²) in [6.45, 7) is 9.49. The molecule has 206 valence electrons. The molecule has 4 nitrogen and oxygen atoms in total. The zero-order valence-corrected chi connectivity index (χ0v) is 24.7. The zero-order chi connectivity index (χ0) is 25.0. The lowest BCUT2D eigenvalue weighted by molar-refractivity contribution is 0.0599. The smallest absolute Gasteiger partial charge is 0.374 e. The van der Waals surface area contributed by atoms with Gasteiger partial charge in [0.1, 0.15) is 0 Å². The third kappa shape index (κ3) is 22.5. The lowest BCUT2D eigenvalue weighted by Crippen LogP contribution is -2.46. The molecule has 0 bridgehead atoms. The molecule has 2 N–H and O–H groups in total. The fourth-order valence-electron chi connectivity index (χ4n) is 4.51. The number of rotatable bonds is 29. The second-order valence-corrected chi connectivity index (χ2v) is 12.8. The maximum Gasteiger partial charge on any atom is 0.500 e. The van der Waals surface area contributed by atoms with Crippen LogP contribution in [0.5, 0.6) is 0 Å². The third-order valence-corrected chi connectivity index (χ3v) is 9.67. The third-order valence-electron chi connectivity index (χ3n) is 6.69. The van der Waals surface area contributed by atoms with Crippen molar-refractivity contribution >= 4 is 8.80 Å². The van der Waals surface area contributed by atoms with E-state index in [1.165, 1.54) is 116 Å².